The molecule has 0 spiro atoms. The van der Waals surface area contributed by atoms with Crippen molar-refractivity contribution in [3.8, 4) is 0 Å². The van der Waals surface area contributed by atoms with Gasteiger partial charge in [0, 0.05) is 37.7 Å². The fourth-order valence-corrected chi connectivity index (χ4v) is 5.40. The number of rotatable bonds is 4. The van der Waals surface area contributed by atoms with Crippen molar-refractivity contribution in [1.82, 2.24) is 9.80 Å². The van der Waals surface area contributed by atoms with E-state index < -0.39 is 0 Å². The Labute approximate surface area is 169 Å². The van der Waals surface area contributed by atoms with Crippen molar-refractivity contribution in [2.24, 2.45) is 34.4 Å². The summed E-state index contributed by atoms with van der Waals surface area (Å²) in [5, 5.41) is 0. The van der Waals surface area contributed by atoms with Crippen LogP contribution in [0, 0.1) is 23.7 Å². The van der Waals surface area contributed by atoms with Gasteiger partial charge in [-0.05, 0) is 24.7 Å². The Bertz CT molecular complexity index is 575. The molecule has 2 heterocycles. The standard InChI is InChI=1S/C17H24N4O2S.HI/c18-17(20-6-8-24-9-7-20)19-4-1-5-21-15(22)13-11-2-3-12(10-11)14(13)16(21)23;/h2-3,11-14H,1,4-10H2,(H2,18,19);1H. The number of allylic oxidation sites excluding steroid dienone is 2. The van der Waals surface area contributed by atoms with Crippen molar-refractivity contribution < 1.29 is 9.59 Å². The first-order valence-corrected chi connectivity index (χ1v) is 9.98. The molecule has 4 atom stereocenters. The fraction of sp³-hybridized carbons (Fsp3) is 0.706. The molecule has 0 radical (unpaired) electrons. The lowest BCUT2D eigenvalue weighted by Gasteiger charge is -2.27. The highest BCUT2D eigenvalue weighted by Gasteiger charge is 2.58. The minimum absolute atomic E-state index is 0. The molecule has 4 aliphatic rings. The van der Waals surface area contributed by atoms with Crippen LogP contribution in [-0.2, 0) is 9.59 Å². The highest BCUT2D eigenvalue weighted by atomic mass is 127. The zero-order chi connectivity index (χ0) is 16.7. The number of likely N-dealkylation sites (tertiary alicyclic amines) is 1. The molecule has 1 saturated carbocycles. The Morgan fingerprint density at radius 2 is 1.76 bits per heavy atom. The van der Waals surface area contributed by atoms with Gasteiger partial charge >= 0.3 is 0 Å². The summed E-state index contributed by atoms with van der Waals surface area (Å²) in [4.78, 5) is 33.1. The number of fused-ring (bicyclic) bond motifs is 5. The van der Waals surface area contributed by atoms with Gasteiger partial charge in [0.25, 0.3) is 0 Å². The van der Waals surface area contributed by atoms with Crippen molar-refractivity contribution in [2.75, 3.05) is 37.7 Å². The van der Waals surface area contributed by atoms with E-state index in [2.05, 4.69) is 22.0 Å². The number of hydrogen-bond acceptors (Lipinski definition) is 4. The predicted octanol–water partition coefficient (Wildman–Crippen LogP) is 1.17. The van der Waals surface area contributed by atoms with Crippen LogP contribution in [0.5, 0.6) is 0 Å². The summed E-state index contributed by atoms with van der Waals surface area (Å²) in [7, 11) is 0. The minimum Gasteiger partial charge on any atom is -0.370 e. The van der Waals surface area contributed by atoms with E-state index >= 15 is 0 Å². The number of thioether (sulfide) groups is 1. The zero-order valence-corrected chi connectivity index (χ0v) is 17.3. The minimum atomic E-state index is -0.0908. The SMILES string of the molecule is I.NC(=NCCCN1C(=O)C2C3C=CC(C3)C2C1=O)N1CCSCC1. The lowest BCUT2D eigenvalue weighted by atomic mass is 9.85. The number of carbonyl (C=O) groups is 2. The van der Waals surface area contributed by atoms with Crippen LogP contribution in [0.2, 0.25) is 0 Å². The number of carbonyl (C=O) groups excluding carboxylic acids is 2. The van der Waals surface area contributed by atoms with E-state index in [1.807, 2.05) is 11.8 Å². The number of imide groups is 1. The molecule has 4 rings (SSSR count). The Morgan fingerprint density at radius 3 is 2.36 bits per heavy atom. The monoisotopic (exact) mass is 476 g/mol. The Hall–Kier alpha value is -0.770. The molecule has 2 N–H and O–H groups in total. The molecular weight excluding hydrogens is 451 g/mol. The van der Waals surface area contributed by atoms with Crippen molar-refractivity contribution in [3.05, 3.63) is 12.2 Å². The third kappa shape index (κ3) is 3.43. The summed E-state index contributed by atoms with van der Waals surface area (Å²) in [6, 6.07) is 0. The summed E-state index contributed by atoms with van der Waals surface area (Å²) >= 11 is 1.94. The van der Waals surface area contributed by atoms with Crippen LogP contribution in [0.15, 0.2) is 17.1 Å². The maximum Gasteiger partial charge on any atom is 0.233 e. The van der Waals surface area contributed by atoms with E-state index in [0.717, 1.165) is 31.0 Å². The van der Waals surface area contributed by atoms with Gasteiger partial charge in [0.1, 0.15) is 0 Å². The van der Waals surface area contributed by atoms with Crippen LogP contribution in [0.25, 0.3) is 0 Å². The second-order valence-electron chi connectivity index (χ2n) is 7.02. The van der Waals surface area contributed by atoms with Crippen LogP contribution in [-0.4, -0.2) is 65.3 Å². The average molecular weight is 476 g/mol. The number of amides is 2. The molecule has 2 saturated heterocycles. The van der Waals surface area contributed by atoms with Gasteiger partial charge in [0.05, 0.1) is 11.8 Å². The summed E-state index contributed by atoms with van der Waals surface area (Å²) in [6.45, 7) is 2.92. The summed E-state index contributed by atoms with van der Waals surface area (Å²) < 4.78 is 0. The number of guanidine groups is 1. The smallest absolute Gasteiger partial charge is 0.233 e. The lowest BCUT2D eigenvalue weighted by molar-refractivity contribution is -0.140. The van der Waals surface area contributed by atoms with E-state index in [-0.39, 0.29) is 59.5 Å². The van der Waals surface area contributed by atoms with E-state index in [1.165, 1.54) is 4.90 Å². The molecule has 0 aromatic carbocycles. The van der Waals surface area contributed by atoms with Gasteiger partial charge < -0.3 is 10.6 Å². The molecule has 2 aliphatic carbocycles. The average Bonchev–Trinajstić information content (AvgIpc) is 3.28. The van der Waals surface area contributed by atoms with Crippen LogP contribution < -0.4 is 5.73 Å². The molecule has 3 fully saturated rings. The van der Waals surface area contributed by atoms with Gasteiger partial charge in [-0.3, -0.25) is 19.5 Å². The molecule has 0 aromatic heterocycles. The maximum absolute atomic E-state index is 12.6. The second-order valence-corrected chi connectivity index (χ2v) is 8.25. The normalized spacial score (nSPS) is 33.8. The number of halogens is 1. The third-order valence-corrected chi connectivity index (χ3v) is 6.65. The van der Waals surface area contributed by atoms with Gasteiger partial charge in [0.2, 0.25) is 11.8 Å². The second kappa shape index (κ2) is 7.85. The third-order valence-electron chi connectivity index (χ3n) is 5.71. The molecule has 2 amide bonds. The first-order valence-electron chi connectivity index (χ1n) is 8.83. The van der Waals surface area contributed by atoms with Gasteiger partial charge in [-0.25, -0.2) is 0 Å². The molecule has 138 valence electrons. The number of aliphatic imine (C=N–C) groups is 1. The van der Waals surface area contributed by atoms with Crippen molar-refractivity contribution >= 4 is 53.5 Å². The highest BCUT2D eigenvalue weighted by molar-refractivity contribution is 14.0. The molecule has 2 bridgehead atoms. The van der Waals surface area contributed by atoms with Crippen LogP contribution in [0.3, 0.4) is 0 Å². The first-order chi connectivity index (χ1) is 11.7. The largest absolute Gasteiger partial charge is 0.370 e. The summed E-state index contributed by atoms with van der Waals surface area (Å²) in [6.07, 6.45) is 5.92. The molecule has 6 nitrogen and oxygen atoms in total. The van der Waals surface area contributed by atoms with Crippen molar-refractivity contribution in [2.45, 2.75) is 12.8 Å². The topological polar surface area (TPSA) is 79.0 Å². The molecule has 4 unspecified atom stereocenters. The molecule has 0 aromatic rings. The quantitative estimate of drug-likeness (QED) is 0.165. The van der Waals surface area contributed by atoms with Crippen LogP contribution in [0.1, 0.15) is 12.8 Å². The molecule has 8 heteroatoms. The molecule has 2 aliphatic heterocycles. The van der Waals surface area contributed by atoms with E-state index in [1.54, 1.807) is 0 Å². The lowest BCUT2D eigenvalue weighted by Crippen LogP contribution is -2.42. The fourth-order valence-electron chi connectivity index (χ4n) is 4.50. The Balaban J connectivity index is 0.00000182. The summed E-state index contributed by atoms with van der Waals surface area (Å²) in [5.41, 5.74) is 6.03. The van der Waals surface area contributed by atoms with E-state index in [4.69, 9.17) is 5.73 Å². The first kappa shape index (κ1) is 19.0. The summed E-state index contributed by atoms with van der Waals surface area (Å²) in [5.74, 6) is 3.23. The Morgan fingerprint density at radius 1 is 1.16 bits per heavy atom. The molecule has 25 heavy (non-hydrogen) atoms. The van der Waals surface area contributed by atoms with Gasteiger partial charge in [-0.1, -0.05) is 12.2 Å². The van der Waals surface area contributed by atoms with Gasteiger partial charge in [-0.15, -0.1) is 24.0 Å². The van der Waals surface area contributed by atoms with Crippen molar-refractivity contribution in [1.29, 1.82) is 0 Å². The number of nitrogens with two attached hydrogens (primary N) is 1. The van der Waals surface area contributed by atoms with Crippen LogP contribution in [0.4, 0.5) is 0 Å². The van der Waals surface area contributed by atoms with Gasteiger partial charge in [-0.2, -0.15) is 11.8 Å². The predicted molar refractivity (Wildman–Crippen MR) is 110 cm³/mol. The Kier molecular flexibility index (Phi) is 5.97. The highest BCUT2D eigenvalue weighted by Crippen LogP contribution is 2.52. The maximum atomic E-state index is 12.6. The van der Waals surface area contributed by atoms with E-state index in [9.17, 15) is 9.59 Å². The van der Waals surface area contributed by atoms with E-state index in [0.29, 0.717) is 25.5 Å². The zero-order valence-electron chi connectivity index (χ0n) is 14.2. The van der Waals surface area contributed by atoms with Crippen molar-refractivity contribution in [3.63, 3.8) is 0 Å². The molecular formula is C17H25IN4O2S. The number of hydrogen-bond donors (Lipinski definition) is 1. The number of nitrogens with zero attached hydrogens (tertiary/aromatic N) is 3. The van der Waals surface area contributed by atoms with Crippen LogP contribution >= 0.6 is 35.7 Å². The van der Waals surface area contributed by atoms with Gasteiger partial charge in [0.15, 0.2) is 5.96 Å².